The molecule has 0 aliphatic heterocycles. The molecular weight excluding hydrogens is 245 g/mol. The van der Waals surface area contributed by atoms with E-state index >= 15 is 0 Å². The van der Waals surface area contributed by atoms with Gasteiger partial charge in [0, 0.05) is 10.6 Å². The number of carbonyl (C=O) groups is 2. The zero-order valence-electron chi connectivity index (χ0n) is 9.02. The topological polar surface area (TPSA) is 69.4 Å². The highest BCUT2D eigenvalue weighted by molar-refractivity contribution is 7.99. The summed E-state index contributed by atoms with van der Waals surface area (Å²) in [5.41, 5.74) is 4.82. The average Bonchev–Trinajstić information content (AvgIpc) is 2.29. The largest absolute Gasteiger partial charge is 0.456 e. The summed E-state index contributed by atoms with van der Waals surface area (Å²) in [6, 6.07) is 5.98. The molecule has 0 saturated carbocycles. The molecule has 0 fully saturated rings. The van der Waals surface area contributed by atoms with Gasteiger partial charge in [0.15, 0.2) is 6.61 Å². The van der Waals surface area contributed by atoms with Crippen molar-refractivity contribution in [2.75, 3.05) is 12.4 Å². The van der Waals surface area contributed by atoms with Crippen molar-refractivity contribution in [1.82, 2.24) is 0 Å². The van der Waals surface area contributed by atoms with Crippen LogP contribution in [0.4, 0.5) is 4.39 Å². The molecule has 0 heterocycles. The molecule has 1 amide bonds. The van der Waals surface area contributed by atoms with Crippen LogP contribution in [0.5, 0.6) is 0 Å². The number of esters is 1. The second-order valence-corrected chi connectivity index (χ2v) is 4.35. The van der Waals surface area contributed by atoms with E-state index in [2.05, 4.69) is 4.74 Å². The maximum atomic E-state index is 12.6. The minimum Gasteiger partial charge on any atom is -0.456 e. The standard InChI is InChI=1S/C11H12FNO3S/c12-8-1-3-9(4-2-8)17-6-5-11(15)16-7-10(13)14/h1-4H,5-7H2,(H2,13,14). The van der Waals surface area contributed by atoms with Gasteiger partial charge in [0.25, 0.3) is 5.91 Å². The summed E-state index contributed by atoms with van der Waals surface area (Å²) >= 11 is 1.41. The van der Waals surface area contributed by atoms with Gasteiger partial charge in [-0.3, -0.25) is 9.59 Å². The summed E-state index contributed by atoms with van der Waals surface area (Å²) < 4.78 is 17.2. The number of ether oxygens (including phenoxy) is 1. The first-order valence-electron chi connectivity index (χ1n) is 4.90. The lowest BCUT2D eigenvalue weighted by Crippen LogP contribution is -2.20. The van der Waals surface area contributed by atoms with Crippen LogP contribution in [0.3, 0.4) is 0 Å². The van der Waals surface area contributed by atoms with Crippen LogP contribution in [0.25, 0.3) is 0 Å². The lowest BCUT2D eigenvalue weighted by molar-refractivity contribution is -0.147. The molecule has 92 valence electrons. The molecule has 17 heavy (non-hydrogen) atoms. The fourth-order valence-corrected chi connectivity index (χ4v) is 1.84. The Morgan fingerprint density at radius 2 is 1.94 bits per heavy atom. The molecule has 0 spiro atoms. The minimum absolute atomic E-state index is 0.176. The monoisotopic (exact) mass is 257 g/mol. The molecule has 4 nitrogen and oxygen atoms in total. The molecule has 0 aromatic heterocycles. The van der Waals surface area contributed by atoms with Gasteiger partial charge >= 0.3 is 5.97 Å². The van der Waals surface area contributed by atoms with Crippen LogP contribution < -0.4 is 5.73 Å². The molecule has 0 saturated heterocycles. The van der Waals surface area contributed by atoms with Gasteiger partial charge in [-0.1, -0.05) is 0 Å². The smallest absolute Gasteiger partial charge is 0.307 e. The fourth-order valence-electron chi connectivity index (χ4n) is 1.01. The first-order chi connectivity index (χ1) is 8.08. The predicted molar refractivity (Wildman–Crippen MR) is 61.9 cm³/mol. The van der Waals surface area contributed by atoms with Gasteiger partial charge in [0.1, 0.15) is 5.82 Å². The van der Waals surface area contributed by atoms with Gasteiger partial charge in [-0.2, -0.15) is 0 Å². The molecule has 0 radical (unpaired) electrons. The van der Waals surface area contributed by atoms with Crippen LogP contribution in [0.1, 0.15) is 6.42 Å². The summed E-state index contributed by atoms with van der Waals surface area (Å²) in [5.74, 6) is -0.943. The van der Waals surface area contributed by atoms with E-state index in [0.29, 0.717) is 5.75 Å². The molecular formula is C11H12FNO3S. The third kappa shape index (κ3) is 5.91. The van der Waals surface area contributed by atoms with Crippen LogP contribution in [0.15, 0.2) is 29.2 Å². The number of hydrogen-bond acceptors (Lipinski definition) is 4. The lowest BCUT2D eigenvalue weighted by Gasteiger charge is -2.02. The molecule has 1 rings (SSSR count). The summed E-state index contributed by atoms with van der Waals surface area (Å²) in [7, 11) is 0. The number of rotatable bonds is 6. The molecule has 0 aliphatic carbocycles. The Hall–Kier alpha value is -1.56. The van der Waals surface area contributed by atoms with E-state index in [1.807, 2.05) is 0 Å². The Balaban J connectivity index is 2.21. The number of nitrogens with two attached hydrogens (primary N) is 1. The van der Waals surface area contributed by atoms with Gasteiger partial charge < -0.3 is 10.5 Å². The molecule has 1 aromatic carbocycles. The molecule has 1 aromatic rings. The van der Waals surface area contributed by atoms with E-state index in [0.717, 1.165) is 4.90 Å². The summed E-state index contributed by atoms with van der Waals surface area (Å²) in [4.78, 5) is 22.3. The van der Waals surface area contributed by atoms with Crippen LogP contribution in [0.2, 0.25) is 0 Å². The number of benzene rings is 1. The van der Waals surface area contributed by atoms with E-state index in [-0.39, 0.29) is 18.8 Å². The van der Waals surface area contributed by atoms with Crippen LogP contribution in [-0.2, 0) is 14.3 Å². The highest BCUT2D eigenvalue weighted by atomic mass is 32.2. The van der Waals surface area contributed by atoms with Crippen molar-refractivity contribution in [3.63, 3.8) is 0 Å². The van der Waals surface area contributed by atoms with Gasteiger partial charge in [-0.25, -0.2) is 4.39 Å². The molecule has 0 atom stereocenters. The van der Waals surface area contributed by atoms with Crippen molar-refractivity contribution in [2.24, 2.45) is 5.73 Å². The Bertz CT molecular complexity index is 394. The zero-order chi connectivity index (χ0) is 12.7. The van der Waals surface area contributed by atoms with E-state index in [9.17, 15) is 14.0 Å². The van der Waals surface area contributed by atoms with Crippen molar-refractivity contribution < 1.29 is 18.7 Å². The first-order valence-corrected chi connectivity index (χ1v) is 5.89. The third-order valence-corrected chi connectivity index (χ3v) is 2.78. The minimum atomic E-state index is -0.676. The average molecular weight is 257 g/mol. The highest BCUT2D eigenvalue weighted by Gasteiger charge is 2.05. The highest BCUT2D eigenvalue weighted by Crippen LogP contribution is 2.18. The quantitative estimate of drug-likeness (QED) is 0.616. The number of primary amides is 1. The number of halogens is 1. The van der Waals surface area contributed by atoms with Crippen molar-refractivity contribution in [3.8, 4) is 0 Å². The maximum absolute atomic E-state index is 12.6. The van der Waals surface area contributed by atoms with Gasteiger partial charge in [-0.05, 0) is 24.3 Å². The van der Waals surface area contributed by atoms with Crippen molar-refractivity contribution in [1.29, 1.82) is 0 Å². The third-order valence-electron chi connectivity index (χ3n) is 1.76. The van der Waals surface area contributed by atoms with Gasteiger partial charge in [0.05, 0.1) is 6.42 Å². The number of amides is 1. The molecule has 2 N–H and O–H groups in total. The van der Waals surface area contributed by atoms with E-state index in [4.69, 9.17) is 5.73 Å². The second kappa shape index (κ2) is 6.90. The molecule has 0 bridgehead atoms. The number of carbonyl (C=O) groups excluding carboxylic acids is 2. The number of hydrogen-bond donors (Lipinski definition) is 1. The van der Waals surface area contributed by atoms with Crippen molar-refractivity contribution in [3.05, 3.63) is 30.1 Å². The van der Waals surface area contributed by atoms with Gasteiger partial charge in [0.2, 0.25) is 0 Å². The fraction of sp³-hybridized carbons (Fsp3) is 0.273. The number of thioether (sulfide) groups is 1. The van der Waals surface area contributed by atoms with E-state index < -0.39 is 11.9 Å². The Morgan fingerprint density at radius 3 is 2.53 bits per heavy atom. The van der Waals surface area contributed by atoms with Crippen molar-refractivity contribution >= 4 is 23.6 Å². The van der Waals surface area contributed by atoms with Crippen LogP contribution in [-0.4, -0.2) is 24.2 Å². The van der Waals surface area contributed by atoms with Crippen LogP contribution >= 0.6 is 11.8 Å². The summed E-state index contributed by atoms with van der Waals surface area (Å²) in [6.07, 6.45) is 0.176. The normalized spacial score (nSPS) is 9.94. The van der Waals surface area contributed by atoms with Crippen LogP contribution in [0, 0.1) is 5.82 Å². The molecule has 0 aliphatic rings. The lowest BCUT2D eigenvalue weighted by atomic mass is 10.4. The van der Waals surface area contributed by atoms with Gasteiger partial charge in [-0.15, -0.1) is 11.8 Å². The zero-order valence-corrected chi connectivity index (χ0v) is 9.84. The second-order valence-electron chi connectivity index (χ2n) is 3.18. The molecule has 6 heteroatoms. The molecule has 0 unspecified atom stereocenters. The summed E-state index contributed by atoms with van der Waals surface area (Å²) in [5, 5.41) is 0. The Kier molecular flexibility index (Phi) is 5.48. The summed E-state index contributed by atoms with van der Waals surface area (Å²) in [6.45, 7) is -0.389. The Labute approximate surface area is 102 Å². The Morgan fingerprint density at radius 1 is 1.29 bits per heavy atom. The predicted octanol–water partition coefficient (Wildman–Crippen LogP) is 1.34. The van der Waals surface area contributed by atoms with Crippen molar-refractivity contribution in [2.45, 2.75) is 11.3 Å². The van der Waals surface area contributed by atoms with E-state index in [1.165, 1.54) is 23.9 Å². The van der Waals surface area contributed by atoms with E-state index in [1.54, 1.807) is 12.1 Å². The first kappa shape index (κ1) is 13.5. The SMILES string of the molecule is NC(=O)COC(=O)CCSc1ccc(F)cc1. The maximum Gasteiger partial charge on any atom is 0.307 e.